The third kappa shape index (κ3) is 12.8. The molecule has 2 rings (SSSR count). The van der Waals surface area contributed by atoms with Crippen LogP contribution >= 0.6 is 0 Å². The number of hydrogen-bond donors (Lipinski definition) is 1. The Balaban J connectivity index is 1.85. The lowest BCUT2D eigenvalue weighted by atomic mass is 10.1. The topological polar surface area (TPSA) is 94.5 Å². The average molecular weight is 542 g/mol. The molecule has 0 aliphatic carbocycles. The van der Waals surface area contributed by atoms with Crippen LogP contribution in [0.2, 0.25) is 0 Å². The van der Waals surface area contributed by atoms with E-state index < -0.39 is 30.8 Å². The lowest BCUT2D eigenvalue weighted by molar-refractivity contribution is -0.150. The number of hydrogen-bond acceptors (Lipinski definition) is 6. The van der Waals surface area contributed by atoms with Gasteiger partial charge in [-0.3, -0.25) is 0 Å². The fourth-order valence-electron chi connectivity index (χ4n) is 3.38. The third-order valence-electron chi connectivity index (χ3n) is 5.34. The Kier molecular flexibility index (Phi) is 13.4. The van der Waals surface area contributed by atoms with Gasteiger partial charge in [0.1, 0.15) is 19.0 Å². The zero-order chi connectivity index (χ0) is 27.8. The van der Waals surface area contributed by atoms with Crippen LogP contribution < -0.4 is 4.74 Å². The highest BCUT2D eigenvalue weighted by atomic mass is 19.4. The average Bonchev–Trinajstić information content (AvgIpc) is 2.88. The molecule has 2 aromatic rings. The van der Waals surface area contributed by atoms with Crippen LogP contribution in [0.5, 0.6) is 5.75 Å². The molecule has 0 bridgehead atoms. The van der Waals surface area contributed by atoms with E-state index in [1.807, 2.05) is 30.3 Å². The number of carboxylic acids is 1. The quantitative estimate of drug-likeness (QED) is 0.279. The molecule has 0 heterocycles. The Hall–Kier alpha value is -3.31. The number of ether oxygens (including phenoxy) is 4. The fraction of sp³-hybridized carbons (Fsp3) is 0.481. The Morgan fingerprint density at radius 1 is 0.947 bits per heavy atom. The van der Waals surface area contributed by atoms with E-state index in [2.05, 4.69) is 0 Å². The standard InChI is InChI=1S/C27H34F3NO7/c1-2-36-24(25(32)33)19-21-9-11-23(12-10-21)37-18-15-31(14-17-35-16-6-13-27(28,29)30)26(34)38-20-22-7-4-3-5-8-22/h3-5,7-12,24H,2,6,13-20H2,1H3,(H,32,33). The highest BCUT2D eigenvalue weighted by molar-refractivity contribution is 5.72. The van der Waals surface area contributed by atoms with Crippen molar-refractivity contribution in [2.75, 3.05) is 39.5 Å². The van der Waals surface area contributed by atoms with E-state index in [1.165, 1.54) is 4.90 Å². The monoisotopic (exact) mass is 541 g/mol. The van der Waals surface area contributed by atoms with E-state index in [-0.39, 0.29) is 52.4 Å². The number of aliphatic carboxylic acids is 1. The van der Waals surface area contributed by atoms with Gasteiger partial charge >= 0.3 is 18.2 Å². The van der Waals surface area contributed by atoms with Crippen LogP contribution in [0, 0.1) is 0 Å². The lowest BCUT2D eigenvalue weighted by Gasteiger charge is -2.22. The normalized spacial score (nSPS) is 12.1. The number of rotatable bonds is 17. The van der Waals surface area contributed by atoms with E-state index in [9.17, 15) is 27.9 Å². The number of alkyl halides is 3. The predicted molar refractivity (Wildman–Crippen MR) is 133 cm³/mol. The molecule has 1 N–H and O–H groups in total. The predicted octanol–water partition coefficient (Wildman–Crippen LogP) is 5.10. The number of nitrogens with zero attached hydrogens (tertiary/aromatic N) is 1. The van der Waals surface area contributed by atoms with Gasteiger partial charge in [0.05, 0.1) is 13.2 Å². The second kappa shape index (κ2) is 16.5. The molecular weight excluding hydrogens is 507 g/mol. The van der Waals surface area contributed by atoms with Gasteiger partial charge in [0.2, 0.25) is 0 Å². The van der Waals surface area contributed by atoms with Crippen LogP contribution in [-0.4, -0.2) is 73.9 Å². The molecule has 0 saturated heterocycles. The number of amides is 1. The number of carbonyl (C=O) groups excluding carboxylic acids is 1. The second-order valence-corrected chi connectivity index (χ2v) is 8.34. The molecule has 8 nitrogen and oxygen atoms in total. The van der Waals surface area contributed by atoms with Gasteiger partial charge in [0.25, 0.3) is 0 Å². The molecule has 0 radical (unpaired) electrons. The molecule has 0 aliphatic heterocycles. The van der Waals surface area contributed by atoms with Crippen molar-refractivity contribution in [2.45, 2.75) is 45.1 Å². The van der Waals surface area contributed by atoms with Crippen molar-refractivity contribution in [3.63, 3.8) is 0 Å². The van der Waals surface area contributed by atoms with E-state index in [0.29, 0.717) is 12.4 Å². The van der Waals surface area contributed by atoms with Gasteiger partial charge in [-0.05, 0) is 36.6 Å². The summed E-state index contributed by atoms with van der Waals surface area (Å²) >= 11 is 0. The Bertz CT molecular complexity index is 955. The zero-order valence-corrected chi connectivity index (χ0v) is 21.3. The minimum atomic E-state index is -4.23. The fourth-order valence-corrected chi connectivity index (χ4v) is 3.38. The second-order valence-electron chi connectivity index (χ2n) is 8.34. The molecule has 1 unspecified atom stereocenters. The first kappa shape index (κ1) is 30.9. The highest BCUT2D eigenvalue weighted by Gasteiger charge is 2.26. The lowest BCUT2D eigenvalue weighted by Crippen LogP contribution is -2.37. The largest absolute Gasteiger partial charge is 0.492 e. The SMILES string of the molecule is CCOC(Cc1ccc(OCCN(CCOCCCC(F)(F)F)C(=O)OCc2ccccc2)cc1)C(=O)O. The third-order valence-corrected chi connectivity index (χ3v) is 5.34. The summed E-state index contributed by atoms with van der Waals surface area (Å²) in [6.45, 7) is 2.49. The van der Waals surface area contributed by atoms with Crippen molar-refractivity contribution in [3.8, 4) is 5.75 Å². The van der Waals surface area contributed by atoms with Crippen LogP contribution in [0.1, 0.15) is 30.9 Å². The summed E-state index contributed by atoms with van der Waals surface area (Å²) in [6, 6.07) is 16.0. The van der Waals surface area contributed by atoms with Crippen molar-refractivity contribution in [1.29, 1.82) is 0 Å². The maximum absolute atomic E-state index is 12.6. The van der Waals surface area contributed by atoms with Crippen molar-refractivity contribution >= 4 is 12.1 Å². The molecule has 0 spiro atoms. The first-order chi connectivity index (χ1) is 18.2. The highest BCUT2D eigenvalue weighted by Crippen LogP contribution is 2.21. The summed E-state index contributed by atoms with van der Waals surface area (Å²) in [6.07, 6.45) is -6.62. The summed E-state index contributed by atoms with van der Waals surface area (Å²) in [4.78, 5) is 25.3. The zero-order valence-electron chi connectivity index (χ0n) is 21.3. The van der Waals surface area contributed by atoms with Gasteiger partial charge in [0.15, 0.2) is 6.10 Å². The van der Waals surface area contributed by atoms with E-state index in [0.717, 1.165) is 11.1 Å². The molecular formula is C27H34F3NO7. The van der Waals surface area contributed by atoms with Gasteiger partial charge < -0.3 is 29.0 Å². The minimum Gasteiger partial charge on any atom is -0.492 e. The molecule has 0 fully saturated rings. The van der Waals surface area contributed by atoms with Crippen LogP contribution in [0.4, 0.5) is 18.0 Å². The van der Waals surface area contributed by atoms with Crippen LogP contribution in [-0.2, 0) is 32.0 Å². The van der Waals surface area contributed by atoms with Crippen molar-refractivity contribution in [1.82, 2.24) is 4.90 Å². The summed E-state index contributed by atoms with van der Waals surface area (Å²) < 4.78 is 58.4. The van der Waals surface area contributed by atoms with Gasteiger partial charge in [-0.2, -0.15) is 13.2 Å². The first-order valence-corrected chi connectivity index (χ1v) is 12.3. The molecule has 2 aromatic carbocycles. The summed E-state index contributed by atoms with van der Waals surface area (Å²) in [5, 5.41) is 9.23. The Morgan fingerprint density at radius 3 is 2.26 bits per heavy atom. The molecule has 1 amide bonds. The van der Waals surface area contributed by atoms with Crippen LogP contribution in [0.15, 0.2) is 54.6 Å². The first-order valence-electron chi connectivity index (χ1n) is 12.3. The maximum Gasteiger partial charge on any atom is 0.410 e. The molecule has 0 saturated carbocycles. The van der Waals surface area contributed by atoms with Gasteiger partial charge in [-0.25, -0.2) is 9.59 Å². The molecule has 1 atom stereocenters. The minimum absolute atomic E-state index is 0.0531. The molecule has 0 aliphatic rings. The van der Waals surface area contributed by atoms with E-state index >= 15 is 0 Å². The number of carbonyl (C=O) groups is 2. The number of benzene rings is 2. The van der Waals surface area contributed by atoms with Gasteiger partial charge in [-0.1, -0.05) is 42.5 Å². The molecule has 38 heavy (non-hydrogen) atoms. The Morgan fingerprint density at radius 2 is 1.63 bits per heavy atom. The summed E-state index contributed by atoms with van der Waals surface area (Å²) in [5.41, 5.74) is 1.59. The van der Waals surface area contributed by atoms with Gasteiger partial charge in [0, 0.05) is 32.6 Å². The molecule has 0 aromatic heterocycles. The van der Waals surface area contributed by atoms with E-state index in [1.54, 1.807) is 31.2 Å². The van der Waals surface area contributed by atoms with Crippen molar-refractivity contribution in [2.24, 2.45) is 0 Å². The summed E-state index contributed by atoms with van der Waals surface area (Å²) in [7, 11) is 0. The maximum atomic E-state index is 12.6. The van der Waals surface area contributed by atoms with Crippen molar-refractivity contribution in [3.05, 3.63) is 65.7 Å². The van der Waals surface area contributed by atoms with E-state index in [4.69, 9.17) is 18.9 Å². The Labute approximate surface area is 220 Å². The van der Waals surface area contributed by atoms with Crippen molar-refractivity contribution < 1.29 is 46.8 Å². The van der Waals surface area contributed by atoms with Gasteiger partial charge in [-0.15, -0.1) is 0 Å². The molecule has 11 heteroatoms. The number of carboxylic acid groups (broad SMARTS) is 1. The number of halogens is 3. The summed E-state index contributed by atoms with van der Waals surface area (Å²) in [5.74, 6) is -0.506. The smallest absolute Gasteiger partial charge is 0.410 e. The van der Waals surface area contributed by atoms with Crippen LogP contribution in [0.3, 0.4) is 0 Å². The van der Waals surface area contributed by atoms with Crippen LogP contribution in [0.25, 0.3) is 0 Å². The molecule has 210 valence electrons.